The average molecular weight is 477 g/mol. The third-order valence-corrected chi connectivity index (χ3v) is 6.75. The predicted molar refractivity (Wildman–Crippen MR) is 130 cm³/mol. The van der Waals surface area contributed by atoms with Gasteiger partial charge in [0.05, 0.1) is 0 Å². The van der Waals surface area contributed by atoms with Crippen LogP contribution < -0.4 is 15.4 Å². The Bertz CT molecular complexity index is 1170. The quantitative estimate of drug-likeness (QED) is 0.630. The van der Waals surface area contributed by atoms with Gasteiger partial charge >= 0.3 is 0 Å². The Morgan fingerprint density at radius 1 is 0.882 bits per heavy atom. The molecule has 0 aromatic heterocycles. The van der Waals surface area contributed by atoms with Crippen LogP contribution in [0.25, 0.3) is 0 Å². The molecule has 0 atom stereocenters. The van der Waals surface area contributed by atoms with Crippen LogP contribution in [-0.2, 0) is 14.4 Å². The number of ketones is 2. The molecule has 2 N–H and O–H groups in total. The number of carbonyl (C=O) groups excluding carboxylic acids is 3. The normalized spacial score (nSPS) is 18.3. The van der Waals surface area contributed by atoms with E-state index in [9.17, 15) is 14.4 Å². The molecule has 6 nitrogen and oxygen atoms in total. The van der Waals surface area contributed by atoms with E-state index in [0.717, 1.165) is 53.8 Å². The molecule has 0 spiro atoms. The van der Waals surface area contributed by atoms with Crippen molar-refractivity contribution in [2.45, 2.75) is 44.4 Å². The molecular weight excluding hydrogens is 452 g/mol. The summed E-state index contributed by atoms with van der Waals surface area (Å²) in [6.07, 6.45) is 4.34. The van der Waals surface area contributed by atoms with E-state index in [1.807, 2.05) is 12.1 Å². The van der Waals surface area contributed by atoms with E-state index in [4.69, 9.17) is 16.3 Å². The van der Waals surface area contributed by atoms with Crippen LogP contribution in [0.1, 0.15) is 50.0 Å². The van der Waals surface area contributed by atoms with Crippen molar-refractivity contribution in [3.63, 3.8) is 0 Å². The SMILES string of the molecule is O=C(COc1ccc(C2C3=C(CCCC3=O)NC3=C2C(=O)CCC3)cc1)Nc1ccc(Cl)cc1. The zero-order valence-electron chi connectivity index (χ0n) is 18.7. The zero-order chi connectivity index (χ0) is 23.7. The highest BCUT2D eigenvalue weighted by Gasteiger charge is 2.40. The number of rotatable bonds is 5. The van der Waals surface area contributed by atoms with Gasteiger partial charge < -0.3 is 15.4 Å². The largest absolute Gasteiger partial charge is 0.484 e. The Labute approximate surface area is 203 Å². The number of Topliss-reactive ketones (excluding diaryl/α,β-unsaturated/α-hetero) is 2. The summed E-state index contributed by atoms with van der Waals surface area (Å²) in [5, 5.41) is 6.78. The Morgan fingerprint density at radius 3 is 2.06 bits per heavy atom. The predicted octanol–water partition coefficient (Wildman–Crippen LogP) is 5.06. The first kappa shape index (κ1) is 22.4. The maximum Gasteiger partial charge on any atom is 0.262 e. The highest BCUT2D eigenvalue weighted by molar-refractivity contribution is 6.30. The fourth-order valence-corrected chi connectivity index (χ4v) is 5.08. The summed E-state index contributed by atoms with van der Waals surface area (Å²) in [6.45, 7) is -0.142. The minimum absolute atomic E-state index is 0.114. The monoisotopic (exact) mass is 476 g/mol. The first-order valence-corrected chi connectivity index (χ1v) is 11.9. The summed E-state index contributed by atoms with van der Waals surface area (Å²) in [4.78, 5) is 38.0. The van der Waals surface area contributed by atoms with E-state index in [1.54, 1.807) is 36.4 Å². The molecule has 0 saturated heterocycles. The van der Waals surface area contributed by atoms with Gasteiger partial charge in [0.1, 0.15) is 5.75 Å². The molecule has 0 fully saturated rings. The smallest absolute Gasteiger partial charge is 0.262 e. The second-order valence-corrected chi connectivity index (χ2v) is 9.25. The first-order chi connectivity index (χ1) is 16.5. The van der Waals surface area contributed by atoms with Crippen molar-refractivity contribution in [2.75, 3.05) is 11.9 Å². The highest BCUT2D eigenvalue weighted by atomic mass is 35.5. The lowest BCUT2D eigenvalue weighted by Crippen LogP contribution is -2.36. The van der Waals surface area contributed by atoms with Crippen molar-refractivity contribution < 1.29 is 19.1 Å². The molecule has 2 aromatic rings. The van der Waals surface area contributed by atoms with Gasteiger partial charge in [-0.1, -0.05) is 23.7 Å². The highest BCUT2D eigenvalue weighted by Crippen LogP contribution is 2.45. The second kappa shape index (κ2) is 9.47. The lowest BCUT2D eigenvalue weighted by atomic mass is 9.71. The van der Waals surface area contributed by atoms with Gasteiger partial charge in [0, 0.05) is 52.0 Å². The number of amides is 1. The number of dihydropyridines is 1. The molecule has 1 heterocycles. The van der Waals surface area contributed by atoms with Gasteiger partial charge in [-0.3, -0.25) is 14.4 Å². The van der Waals surface area contributed by atoms with Gasteiger partial charge in [-0.05, 0) is 67.6 Å². The fourth-order valence-electron chi connectivity index (χ4n) is 4.95. The van der Waals surface area contributed by atoms with Crippen molar-refractivity contribution in [3.8, 4) is 5.75 Å². The van der Waals surface area contributed by atoms with Gasteiger partial charge in [-0.2, -0.15) is 0 Å². The number of carbonyl (C=O) groups is 3. The van der Waals surface area contributed by atoms with Gasteiger partial charge in [-0.25, -0.2) is 0 Å². The van der Waals surface area contributed by atoms with Gasteiger partial charge in [0.15, 0.2) is 18.2 Å². The summed E-state index contributed by atoms with van der Waals surface area (Å²) >= 11 is 5.87. The Morgan fingerprint density at radius 2 is 1.47 bits per heavy atom. The molecule has 1 aliphatic heterocycles. The Balaban J connectivity index is 1.33. The van der Waals surface area contributed by atoms with E-state index in [2.05, 4.69) is 10.6 Å². The number of hydrogen-bond acceptors (Lipinski definition) is 5. The molecule has 2 aromatic carbocycles. The molecule has 0 bridgehead atoms. The number of ether oxygens (including phenoxy) is 1. The van der Waals surface area contributed by atoms with Crippen molar-refractivity contribution >= 4 is 34.8 Å². The maximum atomic E-state index is 12.9. The van der Waals surface area contributed by atoms with Crippen LogP contribution >= 0.6 is 11.6 Å². The first-order valence-electron chi connectivity index (χ1n) is 11.6. The van der Waals surface area contributed by atoms with E-state index in [0.29, 0.717) is 29.3 Å². The molecule has 174 valence electrons. The number of anilines is 1. The van der Waals surface area contributed by atoms with Crippen molar-refractivity contribution in [1.29, 1.82) is 0 Å². The van der Waals surface area contributed by atoms with Gasteiger partial charge in [-0.15, -0.1) is 0 Å². The third kappa shape index (κ3) is 4.50. The Kier molecular flexibility index (Phi) is 6.24. The standard InChI is InChI=1S/C27H25ClN2O4/c28-17-9-11-18(12-10-17)29-24(33)15-34-19-13-7-16(8-14-19)25-26-20(3-1-5-22(26)31)30-21-4-2-6-23(32)27(21)25/h7-14,25,30H,1-6,15H2,(H,29,33). The zero-order valence-corrected chi connectivity index (χ0v) is 19.4. The van der Waals surface area contributed by atoms with Crippen LogP contribution in [0, 0.1) is 0 Å². The van der Waals surface area contributed by atoms with Crippen molar-refractivity contribution in [2.24, 2.45) is 0 Å². The van der Waals surface area contributed by atoms with Crippen molar-refractivity contribution in [3.05, 3.63) is 81.7 Å². The van der Waals surface area contributed by atoms with E-state index >= 15 is 0 Å². The molecule has 2 aliphatic carbocycles. The summed E-state index contributed by atoms with van der Waals surface area (Å²) in [5.41, 5.74) is 4.93. The molecule has 34 heavy (non-hydrogen) atoms. The minimum atomic E-state index is -0.339. The third-order valence-electron chi connectivity index (χ3n) is 6.50. The maximum absolute atomic E-state index is 12.9. The van der Waals surface area contributed by atoms with E-state index in [1.165, 1.54) is 0 Å². The van der Waals surface area contributed by atoms with Gasteiger partial charge in [0.2, 0.25) is 0 Å². The molecule has 7 heteroatoms. The number of allylic oxidation sites excluding steroid dienone is 4. The van der Waals surface area contributed by atoms with Crippen LogP contribution in [0.4, 0.5) is 5.69 Å². The number of nitrogens with one attached hydrogen (secondary N) is 2. The molecule has 0 radical (unpaired) electrons. The van der Waals surface area contributed by atoms with Crippen LogP contribution in [0.3, 0.4) is 0 Å². The summed E-state index contributed by atoms with van der Waals surface area (Å²) in [7, 11) is 0. The minimum Gasteiger partial charge on any atom is -0.484 e. The van der Waals surface area contributed by atoms with Crippen LogP contribution in [0.2, 0.25) is 5.02 Å². The van der Waals surface area contributed by atoms with E-state index < -0.39 is 0 Å². The number of benzene rings is 2. The summed E-state index contributed by atoms with van der Waals surface area (Å²) in [5.74, 6) is 0.145. The number of halogens is 1. The second-order valence-electron chi connectivity index (χ2n) is 8.81. The Hall–Kier alpha value is -3.38. The van der Waals surface area contributed by atoms with Crippen molar-refractivity contribution in [1.82, 2.24) is 5.32 Å². The summed E-state index contributed by atoms with van der Waals surface area (Å²) in [6, 6.07) is 14.2. The average Bonchev–Trinajstić information content (AvgIpc) is 2.84. The molecule has 0 unspecified atom stereocenters. The molecular formula is C27H25ClN2O4. The van der Waals surface area contributed by atoms with Crippen LogP contribution in [-0.4, -0.2) is 24.1 Å². The topological polar surface area (TPSA) is 84.5 Å². The van der Waals surface area contributed by atoms with Gasteiger partial charge in [0.25, 0.3) is 5.91 Å². The fraction of sp³-hybridized carbons (Fsp3) is 0.296. The number of hydrogen-bond donors (Lipinski definition) is 2. The summed E-state index contributed by atoms with van der Waals surface area (Å²) < 4.78 is 5.65. The van der Waals surface area contributed by atoms with Crippen LogP contribution in [0.5, 0.6) is 5.75 Å². The molecule has 1 amide bonds. The molecule has 5 rings (SSSR count). The molecule has 0 saturated carbocycles. The molecule has 3 aliphatic rings. The van der Waals surface area contributed by atoms with E-state index in [-0.39, 0.29) is 30.0 Å². The van der Waals surface area contributed by atoms with Crippen LogP contribution in [0.15, 0.2) is 71.1 Å². The lowest BCUT2D eigenvalue weighted by molar-refractivity contribution is -0.118. The lowest BCUT2D eigenvalue weighted by Gasteiger charge is -2.37.